The van der Waals surface area contributed by atoms with Crippen molar-refractivity contribution in [3.8, 4) is 11.4 Å². The molecule has 11 nitrogen and oxygen atoms in total. The maximum Gasteiger partial charge on any atom is 0.253 e. The van der Waals surface area contributed by atoms with Crippen molar-refractivity contribution >= 4 is 17.8 Å². The lowest BCUT2D eigenvalue weighted by Crippen LogP contribution is -2.50. The molecule has 0 bridgehead atoms. The fraction of sp³-hybridized carbons (Fsp3) is 0.407. The van der Waals surface area contributed by atoms with Crippen LogP contribution in [0, 0.1) is 11.7 Å². The summed E-state index contributed by atoms with van der Waals surface area (Å²) in [5.74, 6) is -0.807. The maximum atomic E-state index is 13.7. The Morgan fingerprint density at radius 1 is 1.15 bits per heavy atom. The van der Waals surface area contributed by atoms with Crippen molar-refractivity contribution in [1.29, 1.82) is 0 Å². The molecule has 206 valence electrons. The van der Waals surface area contributed by atoms with Crippen molar-refractivity contribution in [2.75, 3.05) is 7.11 Å². The van der Waals surface area contributed by atoms with Crippen LogP contribution in [0.1, 0.15) is 49.7 Å². The van der Waals surface area contributed by atoms with Gasteiger partial charge in [0.25, 0.3) is 5.91 Å². The standard InChI is InChI=1S/C27H33FN8O3/c1-39-24-14-20(9-12-22(24)28)16-30-26(38)23(13-18-5-3-2-4-6-18)32-27(29)33-25(37)15-19-7-10-21(11-8-19)36-17-31-34-35-36/h7-12,14,17-18,23H,2-6,13,15-16H2,1H3,(H,30,38)(H3,29,32,33,37). The van der Waals surface area contributed by atoms with Crippen LogP contribution < -0.4 is 21.1 Å². The molecular formula is C27H33FN8O3. The monoisotopic (exact) mass is 536 g/mol. The highest BCUT2D eigenvalue weighted by Crippen LogP contribution is 2.27. The number of halogens is 1. The van der Waals surface area contributed by atoms with Crippen LogP contribution in [-0.4, -0.2) is 51.1 Å². The first-order valence-electron chi connectivity index (χ1n) is 13.0. The zero-order valence-electron chi connectivity index (χ0n) is 21.8. The predicted octanol–water partition coefficient (Wildman–Crippen LogP) is 2.44. The number of rotatable bonds is 10. The average molecular weight is 537 g/mol. The van der Waals surface area contributed by atoms with Crippen LogP contribution in [0.5, 0.6) is 5.75 Å². The molecule has 0 saturated heterocycles. The number of guanidine groups is 1. The minimum atomic E-state index is -0.664. The Labute approximate surface area is 226 Å². The van der Waals surface area contributed by atoms with Gasteiger partial charge in [-0.05, 0) is 58.2 Å². The van der Waals surface area contributed by atoms with Gasteiger partial charge < -0.3 is 21.1 Å². The van der Waals surface area contributed by atoms with E-state index >= 15 is 0 Å². The average Bonchev–Trinajstić information content (AvgIpc) is 3.48. The van der Waals surface area contributed by atoms with Gasteiger partial charge in [-0.15, -0.1) is 5.10 Å². The van der Waals surface area contributed by atoms with Crippen LogP contribution in [0.15, 0.2) is 53.8 Å². The first-order valence-corrected chi connectivity index (χ1v) is 13.0. The number of methoxy groups -OCH3 is 1. The number of aromatic nitrogens is 4. The topological polar surface area (TPSA) is 149 Å². The van der Waals surface area contributed by atoms with E-state index in [2.05, 4.69) is 31.2 Å². The van der Waals surface area contributed by atoms with E-state index < -0.39 is 17.8 Å². The highest BCUT2D eigenvalue weighted by Gasteiger charge is 2.25. The summed E-state index contributed by atoms with van der Waals surface area (Å²) in [6, 6.07) is 10.9. The van der Waals surface area contributed by atoms with E-state index in [-0.39, 0.29) is 30.6 Å². The number of amides is 2. The largest absolute Gasteiger partial charge is 0.494 e. The molecular weight excluding hydrogens is 503 g/mol. The molecule has 12 heteroatoms. The summed E-state index contributed by atoms with van der Waals surface area (Å²) in [6.45, 7) is 0.189. The Bertz CT molecular complexity index is 1270. The molecule has 1 aliphatic carbocycles. The molecule has 1 aliphatic rings. The summed E-state index contributed by atoms with van der Waals surface area (Å²) in [5, 5.41) is 16.9. The number of tetrazole rings is 1. The highest BCUT2D eigenvalue weighted by atomic mass is 19.1. The van der Waals surface area contributed by atoms with E-state index in [1.54, 1.807) is 36.4 Å². The second kappa shape index (κ2) is 13.4. The summed E-state index contributed by atoms with van der Waals surface area (Å²) in [7, 11) is 1.39. The zero-order chi connectivity index (χ0) is 27.6. The molecule has 1 aromatic heterocycles. The number of hydrogen-bond donors (Lipinski definition) is 3. The molecule has 0 spiro atoms. The Hall–Kier alpha value is -4.35. The van der Waals surface area contributed by atoms with Gasteiger partial charge in [0, 0.05) is 6.54 Å². The van der Waals surface area contributed by atoms with E-state index in [4.69, 9.17) is 10.5 Å². The van der Waals surface area contributed by atoms with E-state index in [0.717, 1.165) is 36.9 Å². The number of ether oxygens (including phenoxy) is 1. The third-order valence-corrected chi connectivity index (χ3v) is 6.77. The van der Waals surface area contributed by atoms with E-state index in [1.807, 2.05) is 0 Å². The molecule has 1 unspecified atom stereocenters. The number of aliphatic imine (C=N–C) groups is 1. The van der Waals surface area contributed by atoms with E-state index in [0.29, 0.717) is 17.9 Å². The van der Waals surface area contributed by atoms with Gasteiger partial charge in [0.05, 0.1) is 19.2 Å². The van der Waals surface area contributed by atoms with Crippen LogP contribution in [0.3, 0.4) is 0 Å². The van der Waals surface area contributed by atoms with E-state index in [1.165, 1.54) is 30.6 Å². The number of benzene rings is 2. The molecule has 39 heavy (non-hydrogen) atoms. The molecule has 0 aliphatic heterocycles. The molecule has 1 fully saturated rings. The quantitative estimate of drug-likeness (QED) is 0.264. The molecule has 4 N–H and O–H groups in total. The second-order valence-corrected chi connectivity index (χ2v) is 9.61. The second-order valence-electron chi connectivity index (χ2n) is 9.61. The minimum Gasteiger partial charge on any atom is -0.494 e. The fourth-order valence-corrected chi connectivity index (χ4v) is 4.72. The Morgan fingerprint density at radius 3 is 2.59 bits per heavy atom. The smallest absolute Gasteiger partial charge is 0.253 e. The predicted molar refractivity (Wildman–Crippen MR) is 142 cm³/mol. The highest BCUT2D eigenvalue weighted by molar-refractivity contribution is 5.95. The molecule has 2 aromatic carbocycles. The SMILES string of the molecule is COc1cc(CNC(=O)C(CC2CCCCC2)NC(N)=NC(=O)Cc2ccc(-n3cnnn3)cc2)ccc1F. The fourth-order valence-electron chi connectivity index (χ4n) is 4.72. The maximum absolute atomic E-state index is 13.7. The van der Waals surface area contributed by atoms with Gasteiger partial charge in [-0.3, -0.25) is 9.59 Å². The summed E-state index contributed by atoms with van der Waals surface area (Å²) in [6.07, 6.45) is 7.63. The summed E-state index contributed by atoms with van der Waals surface area (Å²) < 4.78 is 20.3. The third-order valence-electron chi connectivity index (χ3n) is 6.77. The van der Waals surface area contributed by atoms with Crippen molar-refractivity contribution in [2.24, 2.45) is 16.6 Å². The molecule has 1 atom stereocenters. The van der Waals surface area contributed by atoms with Crippen molar-refractivity contribution in [3.63, 3.8) is 0 Å². The molecule has 2 amide bonds. The Kier molecular flexibility index (Phi) is 9.54. The van der Waals surface area contributed by atoms with Crippen molar-refractivity contribution in [3.05, 3.63) is 65.7 Å². The van der Waals surface area contributed by atoms with Gasteiger partial charge in [0.1, 0.15) is 12.4 Å². The van der Waals surface area contributed by atoms with E-state index in [9.17, 15) is 14.0 Å². The number of hydrogen-bond acceptors (Lipinski definition) is 6. The summed E-state index contributed by atoms with van der Waals surface area (Å²) in [5.41, 5.74) is 8.28. The van der Waals surface area contributed by atoms with Crippen LogP contribution in [0.25, 0.3) is 5.69 Å². The minimum absolute atomic E-state index is 0.0458. The van der Waals surface area contributed by atoms with Crippen molar-refractivity contribution in [2.45, 2.75) is 57.5 Å². The Balaban J connectivity index is 1.37. The van der Waals surface area contributed by atoms with Gasteiger partial charge in [-0.25, -0.2) is 9.07 Å². The summed E-state index contributed by atoms with van der Waals surface area (Å²) in [4.78, 5) is 29.7. The van der Waals surface area contributed by atoms with Crippen LogP contribution in [0.2, 0.25) is 0 Å². The lowest BCUT2D eigenvalue weighted by molar-refractivity contribution is -0.123. The van der Waals surface area contributed by atoms with Gasteiger partial charge in [-0.1, -0.05) is 50.3 Å². The number of nitrogens with zero attached hydrogens (tertiary/aromatic N) is 5. The first-order chi connectivity index (χ1) is 18.9. The van der Waals surface area contributed by atoms with Gasteiger partial charge in [-0.2, -0.15) is 4.99 Å². The molecule has 1 saturated carbocycles. The van der Waals surface area contributed by atoms with Gasteiger partial charge in [0.2, 0.25) is 5.91 Å². The number of carbonyl (C=O) groups is 2. The lowest BCUT2D eigenvalue weighted by atomic mass is 9.84. The lowest BCUT2D eigenvalue weighted by Gasteiger charge is -2.27. The van der Waals surface area contributed by atoms with Crippen molar-refractivity contribution in [1.82, 2.24) is 30.8 Å². The van der Waals surface area contributed by atoms with Crippen LogP contribution >= 0.6 is 0 Å². The third kappa shape index (κ3) is 8.06. The zero-order valence-corrected chi connectivity index (χ0v) is 21.8. The molecule has 4 rings (SSSR count). The molecule has 0 radical (unpaired) electrons. The van der Waals surface area contributed by atoms with Crippen LogP contribution in [-0.2, 0) is 22.6 Å². The number of nitrogens with two attached hydrogens (primary N) is 1. The summed E-state index contributed by atoms with van der Waals surface area (Å²) >= 11 is 0. The normalized spacial score (nSPS) is 15.0. The first kappa shape index (κ1) is 27.7. The van der Waals surface area contributed by atoms with Crippen molar-refractivity contribution < 1.29 is 18.7 Å². The Morgan fingerprint density at radius 2 is 1.90 bits per heavy atom. The molecule has 1 heterocycles. The van der Waals surface area contributed by atoms with Crippen LogP contribution in [0.4, 0.5) is 4.39 Å². The number of nitrogens with one attached hydrogen (secondary N) is 2. The number of carbonyl (C=O) groups excluding carboxylic acids is 2. The molecule has 3 aromatic rings. The van der Waals surface area contributed by atoms with Gasteiger partial charge >= 0.3 is 0 Å². The van der Waals surface area contributed by atoms with Gasteiger partial charge in [0.15, 0.2) is 17.5 Å².